The molecule has 76 valence electrons. The Bertz CT molecular complexity index is 324. The summed E-state index contributed by atoms with van der Waals surface area (Å²) in [6.45, 7) is 0. The fraction of sp³-hybridized carbons (Fsp3) is 0.333. The highest BCUT2D eigenvalue weighted by atomic mass is 16.2. The van der Waals surface area contributed by atoms with Crippen LogP contribution in [0.25, 0.3) is 0 Å². The Morgan fingerprint density at radius 2 is 2.14 bits per heavy atom. The summed E-state index contributed by atoms with van der Waals surface area (Å²) in [4.78, 5) is 15.6. The predicted octanol–water partition coefficient (Wildman–Crippen LogP) is 0.330. The van der Waals surface area contributed by atoms with Crippen LogP contribution in [-0.4, -0.2) is 37.0 Å². The summed E-state index contributed by atoms with van der Waals surface area (Å²) in [6, 6.07) is 5.25. The largest absolute Gasteiger partial charge is 0.373 e. The number of anilines is 1. The van der Waals surface area contributed by atoms with Gasteiger partial charge in [-0.15, -0.1) is 0 Å². The van der Waals surface area contributed by atoms with Crippen LogP contribution in [0.4, 0.5) is 5.82 Å². The van der Waals surface area contributed by atoms with Crippen molar-refractivity contribution in [2.24, 2.45) is 0 Å². The SMILES string of the molecule is CNc1cccc(C(=O)NN(C)C)n1. The lowest BCUT2D eigenvalue weighted by atomic mass is 10.3. The lowest BCUT2D eigenvalue weighted by Gasteiger charge is -2.11. The molecule has 0 radical (unpaired) electrons. The molecule has 0 aromatic carbocycles. The van der Waals surface area contributed by atoms with E-state index in [0.29, 0.717) is 11.5 Å². The molecule has 1 aromatic rings. The molecule has 1 rings (SSSR count). The Kier molecular flexibility index (Phi) is 3.41. The molecular formula is C9H14N4O. The molecule has 14 heavy (non-hydrogen) atoms. The standard InChI is InChI=1S/C9H14N4O/c1-10-8-6-4-5-7(11-8)9(14)12-13(2)3/h4-6H,1-3H3,(H,10,11)(H,12,14). The van der Waals surface area contributed by atoms with Gasteiger partial charge in [-0.3, -0.25) is 10.2 Å². The van der Waals surface area contributed by atoms with Crippen molar-refractivity contribution in [1.29, 1.82) is 0 Å². The maximum absolute atomic E-state index is 11.5. The van der Waals surface area contributed by atoms with E-state index in [1.165, 1.54) is 0 Å². The van der Waals surface area contributed by atoms with E-state index >= 15 is 0 Å². The summed E-state index contributed by atoms with van der Waals surface area (Å²) in [5, 5.41) is 4.45. The van der Waals surface area contributed by atoms with E-state index < -0.39 is 0 Å². The lowest BCUT2D eigenvalue weighted by molar-refractivity contribution is 0.0851. The average Bonchev–Trinajstić information content (AvgIpc) is 2.17. The number of nitrogens with zero attached hydrogens (tertiary/aromatic N) is 2. The number of carbonyl (C=O) groups is 1. The van der Waals surface area contributed by atoms with Gasteiger partial charge in [-0.2, -0.15) is 0 Å². The summed E-state index contributed by atoms with van der Waals surface area (Å²) in [5.41, 5.74) is 3.01. The Morgan fingerprint density at radius 1 is 1.43 bits per heavy atom. The Balaban J connectivity index is 2.79. The minimum Gasteiger partial charge on any atom is -0.373 e. The first kappa shape index (κ1) is 10.5. The van der Waals surface area contributed by atoms with E-state index in [9.17, 15) is 4.79 Å². The first-order valence-corrected chi connectivity index (χ1v) is 4.26. The van der Waals surface area contributed by atoms with Crippen LogP contribution >= 0.6 is 0 Å². The molecule has 0 aliphatic heterocycles. The molecule has 2 N–H and O–H groups in total. The molecule has 0 saturated heterocycles. The van der Waals surface area contributed by atoms with Gasteiger partial charge in [-0.1, -0.05) is 6.07 Å². The van der Waals surface area contributed by atoms with Crippen molar-refractivity contribution in [1.82, 2.24) is 15.4 Å². The quantitative estimate of drug-likeness (QED) is 0.681. The second-order valence-corrected chi connectivity index (χ2v) is 2.99. The van der Waals surface area contributed by atoms with Crippen LogP contribution in [0.2, 0.25) is 0 Å². The van der Waals surface area contributed by atoms with Gasteiger partial charge in [0.1, 0.15) is 11.5 Å². The fourth-order valence-corrected chi connectivity index (χ4v) is 0.961. The summed E-state index contributed by atoms with van der Waals surface area (Å²) < 4.78 is 0. The number of hydrogen-bond donors (Lipinski definition) is 2. The van der Waals surface area contributed by atoms with E-state index in [0.717, 1.165) is 0 Å². The first-order valence-electron chi connectivity index (χ1n) is 4.26. The third-order valence-corrected chi connectivity index (χ3v) is 1.56. The average molecular weight is 194 g/mol. The number of nitrogens with one attached hydrogen (secondary N) is 2. The predicted molar refractivity (Wildman–Crippen MR) is 54.9 cm³/mol. The van der Waals surface area contributed by atoms with Crippen molar-refractivity contribution in [3.05, 3.63) is 23.9 Å². The minimum atomic E-state index is -0.216. The van der Waals surface area contributed by atoms with Gasteiger partial charge >= 0.3 is 0 Å². The number of hydrazine groups is 1. The number of hydrogen-bond acceptors (Lipinski definition) is 4. The number of carbonyl (C=O) groups excluding carboxylic acids is 1. The van der Waals surface area contributed by atoms with Crippen LogP contribution in [0.3, 0.4) is 0 Å². The molecule has 0 unspecified atom stereocenters. The van der Waals surface area contributed by atoms with E-state index in [-0.39, 0.29) is 5.91 Å². The van der Waals surface area contributed by atoms with Crippen molar-refractivity contribution < 1.29 is 4.79 Å². The van der Waals surface area contributed by atoms with Gasteiger partial charge in [0.05, 0.1) is 0 Å². The van der Waals surface area contributed by atoms with E-state index in [1.54, 1.807) is 44.4 Å². The van der Waals surface area contributed by atoms with Crippen LogP contribution in [-0.2, 0) is 0 Å². The number of aromatic nitrogens is 1. The monoisotopic (exact) mass is 194 g/mol. The molecule has 5 nitrogen and oxygen atoms in total. The van der Waals surface area contributed by atoms with Crippen LogP contribution < -0.4 is 10.7 Å². The molecule has 1 heterocycles. The van der Waals surface area contributed by atoms with E-state index in [4.69, 9.17) is 0 Å². The second kappa shape index (κ2) is 4.57. The number of rotatable bonds is 3. The van der Waals surface area contributed by atoms with Crippen molar-refractivity contribution in [3.63, 3.8) is 0 Å². The maximum atomic E-state index is 11.5. The molecule has 0 atom stereocenters. The normalized spacial score (nSPS) is 10.0. The molecule has 0 saturated carbocycles. The van der Waals surface area contributed by atoms with Gasteiger partial charge < -0.3 is 5.32 Å². The summed E-state index contributed by atoms with van der Waals surface area (Å²) >= 11 is 0. The van der Waals surface area contributed by atoms with Gasteiger partial charge in [0.25, 0.3) is 5.91 Å². The Hall–Kier alpha value is -1.62. The molecule has 0 spiro atoms. The summed E-state index contributed by atoms with van der Waals surface area (Å²) in [6.07, 6.45) is 0. The zero-order valence-corrected chi connectivity index (χ0v) is 8.53. The zero-order chi connectivity index (χ0) is 10.6. The van der Waals surface area contributed by atoms with Crippen molar-refractivity contribution >= 4 is 11.7 Å². The van der Waals surface area contributed by atoms with Crippen molar-refractivity contribution in [2.45, 2.75) is 0 Å². The number of pyridine rings is 1. The van der Waals surface area contributed by atoms with Gasteiger partial charge in [-0.25, -0.2) is 9.99 Å². The van der Waals surface area contributed by atoms with Crippen LogP contribution in [0.1, 0.15) is 10.5 Å². The lowest BCUT2D eigenvalue weighted by Crippen LogP contribution is -2.36. The van der Waals surface area contributed by atoms with Crippen molar-refractivity contribution in [3.8, 4) is 0 Å². The Labute approximate surface area is 83.1 Å². The third-order valence-electron chi connectivity index (χ3n) is 1.56. The highest BCUT2D eigenvalue weighted by Gasteiger charge is 2.07. The van der Waals surface area contributed by atoms with E-state index in [2.05, 4.69) is 15.7 Å². The summed E-state index contributed by atoms with van der Waals surface area (Å²) in [5.74, 6) is 0.462. The molecule has 5 heteroatoms. The Morgan fingerprint density at radius 3 is 2.71 bits per heavy atom. The topological polar surface area (TPSA) is 57.3 Å². The molecular weight excluding hydrogens is 180 g/mol. The molecule has 0 aliphatic rings. The third kappa shape index (κ3) is 2.70. The van der Waals surface area contributed by atoms with Crippen LogP contribution in [0.15, 0.2) is 18.2 Å². The van der Waals surface area contributed by atoms with E-state index in [1.807, 2.05) is 0 Å². The van der Waals surface area contributed by atoms with Gasteiger partial charge in [0.15, 0.2) is 0 Å². The highest BCUT2D eigenvalue weighted by Crippen LogP contribution is 2.03. The van der Waals surface area contributed by atoms with Gasteiger partial charge in [-0.05, 0) is 12.1 Å². The first-order chi connectivity index (χ1) is 6.63. The van der Waals surface area contributed by atoms with Crippen LogP contribution in [0, 0.1) is 0 Å². The second-order valence-electron chi connectivity index (χ2n) is 2.99. The molecule has 1 amide bonds. The molecule has 1 aromatic heterocycles. The molecule has 0 fully saturated rings. The smallest absolute Gasteiger partial charge is 0.284 e. The maximum Gasteiger partial charge on any atom is 0.284 e. The minimum absolute atomic E-state index is 0.216. The summed E-state index contributed by atoms with van der Waals surface area (Å²) in [7, 11) is 5.26. The number of amides is 1. The van der Waals surface area contributed by atoms with Gasteiger partial charge in [0, 0.05) is 21.1 Å². The molecule has 0 aliphatic carbocycles. The fourth-order valence-electron chi connectivity index (χ4n) is 0.961. The van der Waals surface area contributed by atoms with Gasteiger partial charge in [0.2, 0.25) is 0 Å². The van der Waals surface area contributed by atoms with Crippen molar-refractivity contribution in [2.75, 3.05) is 26.5 Å². The zero-order valence-electron chi connectivity index (χ0n) is 8.53. The van der Waals surface area contributed by atoms with Crippen LogP contribution in [0.5, 0.6) is 0 Å². The highest BCUT2D eigenvalue weighted by molar-refractivity contribution is 5.92. The molecule has 0 bridgehead atoms.